The first kappa shape index (κ1) is 13.8. The van der Waals surface area contributed by atoms with Crippen molar-refractivity contribution >= 4 is 0 Å². The average molecular weight is 283 g/mol. The molecule has 0 spiro atoms. The van der Waals surface area contributed by atoms with Crippen LogP contribution in [-0.2, 0) is 0 Å². The zero-order chi connectivity index (χ0) is 14.2. The molecule has 114 valence electrons. The van der Waals surface area contributed by atoms with Crippen molar-refractivity contribution in [1.82, 2.24) is 0 Å². The van der Waals surface area contributed by atoms with Crippen LogP contribution in [0.2, 0.25) is 0 Å². The van der Waals surface area contributed by atoms with Gasteiger partial charge in [0.15, 0.2) is 0 Å². The van der Waals surface area contributed by atoms with Crippen LogP contribution in [0.1, 0.15) is 62.8 Å². The molecule has 6 atom stereocenters. The summed E-state index contributed by atoms with van der Waals surface area (Å²) < 4.78 is 0. The van der Waals surface area contributed by atoms with Gasteiger partial charge in [0.25, 0.3) is 0 Å². The number of hydrogen-bond donors (Lipinski definition) is 1. The van der Waals surface area contributed by atoms with Crippen LogP contribution >= 0.6 is 0 Å². The van der Waals surface area contributed by atoms with Crippen molar-refractivity contribution in [2.75, 3.05) is 0 Å². The van der Waals surface area contributed by atoms with Crippen LogP contribution < -0.4 is 5.73 Å². The van der Waals surface area contributed by atoms with Gasteiger partial charge in [0, 0.05) is 6.04 Å². The Morgan fingerprint density at radius 3 is 2.43 bits per heavy atom. The summed E-state index contributed by atoms with van der Waals surface area (Å²) in [5.41, 5.74) is 8.04. The van der Waals surface area contributed by atoms with Gasteiger partial charge in [0.1, 0.15) is 0 Å². The molecule has 0 aromatic heterocycles. The Morgan fingerprint density at radius 1 is 0.857 bits per heavy atom. The third-order valence-electron chi connectivity index (χ3n) is 6.80. The van der Waals surface area contributed by atoms with E-state index in [0.717, 1.165) is 29.6 Å². The molecule has 1 aromatic rings. The quantitative estimate of drug-likeness (QED) is 0.853. The van der Waals surface area contributed by atoms with Gasteiger partial charge >= 0.3 is 0 Å². The fourth-order valence-electron chi connectivity index (χ4n) is 5.64. The molecular weight excluding hydrogens is 254 g/mol. The summed E-state index contributed by atoms with van der Waals surface area (Å²) in [6, 6.07) is 11.6. The Labute approximate surface area is 129 Å². The van der Waals surface area contributed by atoms with Gasteiger partial charge in [-0.05, 0) is 80.1 Å². The van der Waals surface area contributed by atoms with E-state index >= 15 is 0 Å². The maximum atomic E-state index is 6.50. The zero-order valence-electron chi connectivity index (χ0n) is 13.1. The van der Waals surface area contributed by atoms with Crippen LogP contribution in [0, 0.1) is 23.7 Å². The second-order valence-corrected chi connectivity index (χ2v) is 8.02. The first-order valence-electron chi connectivity index (χ1n) is 9.10. The first-order valence-corrected chi connectivity index (χ1v) is 9.10. The minimum Gasteiger partial charge on any atom is -0.327 e. The lowest BCUT2D eigenvalue weighted by Crippen LogP contribution is -2.37. The lowest BCUT2D eigenvalue weighted by molar-refractivity contribution is 0.196. The summed E-state index contributed by atoms with van der Waals surface area (Å²) in [5.74, 6) is 4.67. The van der Waals surface area contributed by atoms with Gasteiger partial charge in [0.2, 0.25) is 0 Å². The molecule has 2 bridgehead atoms. The normalized spacial score (nSPS) is 42.3. The predicted molar refractivity (Wildman–Crippen MR) is 88.1 cm³/mol. The van der Waals surface area contributed by atoms with Crippen molar-refractivity contribution in [2.24, 2.45) is 29.4 Å². The van der Waals surface area contributed by atoms with Gasteiger partial charge < -0.3 is 5.73 Å². The molecule has 0 aliphatic heterocycles. The van der Waals surface area contributed by atoms with Crippen LogP contribution in [-0.4, -0.2) is 6.04 Å². The Kier molecular flexibility index (Phi) is 3.79. The van der Waals surface area contributed by atoms with Gasteiger partial charge in [-0.1, -0.05) is 36.8 Å². The van der Waals surface area contributed by atoms with E-state index in [2.05, 4.69) is 30.3 Å². The molecule has 1 heteroatoms. The maximum Gasteiger partial charge on any atom is 0.00676 e. The molecule has 21 heavy (non-hydrogen) atoms. The number of benzene rings is 1. The summed E-state index contributed by atoms with van der Waals surface area (Å²) in [4.78, 5) is 0. The molecule has 0 radical (unpaired) electrons. The van der Waals surface area contributed by atoms with Crippen LogP contribution in [0.4, 0.5) is 0 Å². The zero-order valence-corrected chi connectivity index (χ0v) is 13.1. The molecule has 1 nitrogen and oxygen atoms in total. The first-order chi connectivity index (χ1) is 10.3. The Balaban J connectivity index is 1.42. The van der Waals surface area contributed by atoms with Crippen molar-refractivity contribution in [2.45, 2.75) is 63.3 Å². The minimum absolute atomic E-state index is 0.462. The van der Waals surface area contributed by atoms with Crippen LogP contribution in [0.15, 0.2) is 30.3 Å². The summed E-state index contributed by atoms with van der Waals surface area (Å²) in [6.07, 6.45) is 11.4. The molecule has 6 unspecified atom stereocenters. The van der Waals surface area contributed by atoms with Gasteiger partial charge in [0.05, 0.1) is 0 Å². The average Bonchev–Trinajstić information content (AvgIpc) is 3.13. The molecular formula is C20H29N. The Hall–Kier alpha value is -0.820. The molecule has 0 amide bonds. The molecule has 0 saturated heterocycles. The SMILES string of the molecule is NC1CCC(c2ccccc2)CC1CC1CC2CCC1C2. The third-order valence-corrected chi connectivity index (χ3v) is 6.80. The van der Waals surface area contributed by atoms with E-state index in [9.17, 15) is 0 Å². The summed E-state index contributed by atoms with van der Waals surface area (Å²) >= 11 is 0. The molecule has 3 aliphatic carbocycles. The summed E-state index contributed by atoms with van der Waals surface area (Å²) in [6.45, 7) is 0. The lowest BCUT2D eigenvalue weighted by Gasteiger charge is -2.37. The van der Waals surface area contributed by atoms with Crippen molar-refractivity contribution < 1.29 is 0 Å². The molecule has 4 rings (SSSR count). The fourth-order valence-corrected chi connectivity index (χ4v) is 5.64. The summed E-state index contributed by atoms with van der Waals surface area (Å²) in [5, 5.41) is 0. The van der Waals surface area contributed by atoms with Gasteiger partial charge in [-0.25, -0.2) is 0 Å². The maximum absolute atomic E-state index is 6.50. The number of hydrogen-bond acceptors (Lipinski definition) is 1. The number of rotatable bonds is 3. The Morgan fingerprint density at radius 2 is 1.71 bits per heavy atom. The molecule has 3 saturated carbocycles. The summed E-state index contributed by atoms with van der Waals surface area (Å²) in [7, 11) is 0. The highest BCUT2D eigenvalue weighted by Gasteiger charge is 2.41. The van der Waals surface area contributed by atoms with Gasteiger partial charge in [-0.3, -0.25) is 0 Å². The minimum atomic E-state index is 0.462. The largest absolute Gasteiger partial charge is 0.327 e. The number of fused-ring (bicyclic) bond motifs is 2. The highest BCUT2D eigenvalue weighted by molar-refractivity contribution is 5.20. The van der Waals surface area contributed by atoms with E-state index in [-0.39, 0.29) is 0 Å². The third kappa shape index (κ3) is 2.77. The van der Waals surface area contributed by atoms with E-state index < -0.39 is 0 Å². The van der Waals surface area contributed by atoms with E-state index in [1.807, 2.05) is 0 Å². The van der Waals surface area contributed by atoms with Gasteiger partial charge in [-0.2, -0.15) is 0 Å². The van der Waals surface area contributed by atoms with Crippen molar-refractivity contribution in [1.29, 1.82) is 0 Å². The monoisotopic (exact) mass is 283 g/mol. The molecule has 2 N–H and O–H groups in total. The molecule has 3 fully saturated rings. The molecule has 0 heterocycles. The van der Waals surface area contributed by atoms with E-state index in [1.165, 1.54) is 51.4 Å². The van der Waals surface area contributed by atoms with Gasteiger partial charge in [-0.15, -0.1) is 0 Å². The van der Waals surface area contributed by atoms with Crippen molar-refractivity contribution in [3.05, 3.63) is 35.9 Å². The van der Waals surface area contributed by atoms with Crippen molar-refractivity contribution in [3.8, 4) is 0 Å². The van der Waals surface area contributed by atoms with E-state index in [4.69, 9.17) is 5.73 Å². The smallest absolute Gasteiger partial charge is 0.00676 e. The molecule has 3 aliphatic rings. The van der Waals surface area contributed by atoms with Crippen molar-refractivity contribution in [3.63, 3.8) is 0 Å². The second-order valence-electron chi connectivity index (χ2n) is 8.02. The van der Waals surface area contributed by atoms with E-state index in [0.29, 0.717) is 6.04 Å². The highest BCUT2D eigenvalue weighted by atomic mass is 14.7. The van der Waals surface area contributed by atoms with E-state index in [1.54, 1.807) is 5.56 Å². The highest BCUT2D eigenvalue weighted by Crippen LogP contribution is 2.52. The topological polar surface area (TPSA) is 26.0 Å². The van der Waals surface area contributed by atoms with Crippen LogP contribution in [0.25, 0.3) is 0 Å². The second kappa shape index (κ2) is 5.76. The predicted octanol–water partition coefficient (Wildman–Crippen LogP) is 4.72. The standard InChI is InChI=1S/C20H29N/c21-20-9-8-17(15-4-2-1-3-5-15)12-19(20)13-18-11-14-6-7-16(18)10-14/h1-5,14,16-20H,6-13,21H2. The Bertz CT molecular complexity index is 468. The fraction of sp³-hybridized carbons (Fsp3) is 0.700. The number of nitrogens with two attached hydrogens (primary N) is 1. The van der Waals surface area contributed by atoms with Crippen LogP contribution in [0.3, 0.4) is 0 Å². The van der Waals surface area contributed by atoms with Crippen LogP contribution in [0.5, 0.6) is 0 Å². The molecule has 1 aromatic carbocycles. The lowest BCUT2D eigenvalue weighted by atomic mass is 9.70.